The van der Waals surface area contributed by atoms with Crippen LogP contribution in [0.1, 0.15) is 5.56 Å². The first-order valence-electron chi connectivity index (χ1n) is 6.15. The number of hydrogen-bond donors (Lipinski definition) is 1. The summed E-state index contributed by atoms with van der Waals surface area (Å²) in [5, 5.41) is 6.85. The van der Waals surface area contributed by atoms with E-state index in [9.17, 15) is 4.79 Å². The van der Waals surface area contributed by atoms with Crippen LogP contribution in [0.2, 0.25) is 0 Å². The van der Waals surface area contributed by atoms with Gasteiger partial charge < -0.3 is 10.1 Å². The van der Waals surface area contributed by atoms with E-state index in [4.69, 9.17) is 4.74 Å². The predicted octanol–water partition coefficient (Wildman–Crippen LogP) is 1.25. The Labute approximate surface area is 112 Å². The Hall–Kier alpha value is -2.30. The third-order valence-electron chi connectivity index (χ3n) is 2.77. The van der Waals surface area contributed by atoms with Crippen LogP contribution in [0.3, 0.4) is 0 Å². The van der Waals surface area contributed by atoms with E-state index >= 15 is 0 Å². The molecule has 0 aliphatic carbocycles. The van der Waals surface area contributed by atoms with Crippen molar-refractivity contribution in [1.82, 2.24) is 15.1 Å². The Bertz CT molecular complexity index is 523. The predicted molar refractivity (Wildman–Crippen MR) is 71.9 cm³/mol. The number of aromatic nitrogens is 2. The van der Waals surface area contributed by atoms with Crippen molar-refractivity contribution in [2.24, 2.45) is 0 Å². The van der Waals surface area contributed by atoms with Gasteiger partial charge in [-0.05, 0) is 24.1 Å². The van der Waals surface area contributed by atoms with Crippen LogP contribution in [0.15, 0.2) is 42.7 Å². The summed E-state index contributed by atoms with van der Waals surface area (Å²) < 4.78 is 6.86. The van der Waals surface area contributed by atoms with Gasteiger partial charge >= 0.3 is 0 Å². The Morgan fingerprint density at radius 3 is 2.95 bits per heavy atom. The van der Waals surface area contributed by atoms with Gasteiger partial charge in [0.15, 0.2) is 0 Å². The summed E-state index contributed by atoms with van der Waals surface area (Å²) in [5.74, 6) is 0.808. The molecule has 5 nitrogen and oxygen atoms in total. The molecule has 100 valence electrons. The molecule has 1 aromatic heterocycles. The summed E-state index contributed by atoms with van der Waals surface area (Å²) in [6.45, 7) is 0.833. The van der Waals surface area contributed by atoms with Crippen molar-refractivity contribution in [3.63, 3.8) is 0 Å². The van der Waals surface area contributed by atoms with Gasteiger partial charge in [0, 0.05) is 18.9 Å². The van der Waals surface area contributed by atoms with Gasteiger partial charge in [0.25, 0.3) is 0 Å². The molecule has 0 radical (unpaired) electrons. The summed E-state index contributed by atoms with van der Waals surface area (Å²) in [5.41, 5.74) is 1.09. The monoisotopic (exact) mass is 259 g/mol. The Kier molecular flexibility index (Phi) is 4.55. The number of benzene rings is 1. The number of rotatable bonds is 6. The molecular formula is C14H17N3O2. The highest BCUT2D eigenvalue weighted by atomic mass is 16.5. The highest BCUT2D eigenvalue weighted by Crippen LogP contribution is 2.17. The van der Waals surface area contributed by atoms with Crippen LogP contribution in [0, 0.1) is 0 Å². The molecule has 0 saturated heterocycles. The normalized spacial score (nSPS) is 10.2. The van der Waals surface area contributed by atoms with Crippen LogP contribution in [0.4, 0.5) is 0 Å². The molecule has 0 spiro atoms. The number of nitrogens with zero attached hydrogens (tertiary/aromatic N) is 2. The van der Waals surface area contributed by atoms with Crippen LogP contribution in [-0.4, -0.2) is 29.3 Å². The second-order valence-corrected chi connectivity index (χ2v) is 4.12. The topological polar surface area (TPSA) is 56.1 Å². The lowest BCUT2D eigenvalue weighted by molar-refractivity contribution is -0.121. The Morgan fingerprint density at radius 1 is 1.37 bits per heavy atom. The van der Waals surface area contributed by atoms with Gasteiger partial charge in [0.1, 0.15) is 12.3 Å². The molecule has 0 unspecified atom stereocenters. The average Bonchev–Trinajstić information content (AvgIpc) is 2.92. The van der Waals surface area contributed by atoms with Gasteiger partial charge in [-0.15, -0.1) is 0 Å². The summed E-state index contributed by atoms with van der Waals surface area (Å²) in [6, 6.07) is 9.60. The fourth-order valence-corrected chi connectivity index (χ4v) is 1.84. The zero-order valence-electron chi connectivity index (χ0n) is 10.9. The van der Waals surface area contributed by atoms with Crippen molar-refractivity contribution >= 4 is 5.91 Å². The first-order chi connectivity index (χ1) is 9.29. The standard InChI is InChI=1S/C14H17N3O2/c1-19-13-6-3-2-5-12(13)7-9-15-14(18)11-17-10-4-8-16-17/h2-6,8,10H,7,9,11H2,1H3,(H,15,18). The SMILES string of the molecule is COc1ccccc1CCNC(=O)Cn1cccn1. The van der Waals surface area contributed by atoms with Gasteiger partial charge in [-0.1, -0.05) is 18.2 Å². The van der Waals surface area contributed by atoms with E-state index in [2.05, 4.69) is 10.4 Å². The first-order valence-corrected chi connectivity index (χ1v) is 6.15. The molecule has 1 heterocycles. The van der Waals surface area contributed by atoms with E-state index in [1.807, 2.05) is 24.3 Å². The molecule has 0 aliphatic heterocycles. The minimum atomic E-state index is -0.0430. The van der Waals surface area contributed by atoms with Crippen molar-refractivity contribution in [1.29, 1.82) is 0 Å². The van der Waals surface area contributed by atoms with Crippen molar-refractivity contribution in [3.05, 3.63) is 48.3 Å². The molecule has 0 atom stereocenters. The number of amides is 1. The molecule has 1 amide bonds. The van der Waals surface area contributed by atoms with Gasteiger partial charge in [-0.2, -0.15) is 5.10 Å². The maximum absolute atomic E-state index is 11.7. The smallest absolute Gasteiger partial charge is 0.241 e. The summed E-state index contributed by atoms with van der Waals surface area (Å²) in [6.07, 6.45) is 4.16. The van der Waals surface area contributed by atoms with E-state index in [-0.39, 0.29) is 12.5 Å². The quantitative estimate of drug-likeness (QED) is 0.849. The zero-order chi connectivity index (χ0) is 13.5. The molecule has 0 fully saturated rings. The number of methoxy groups -OCH3 is 1. The number of carbonyl (C=O) groups excluding carboxylic acids is 1. The summed E-state index contributed by atoms with van der Waals surface area (Å²) in [7, 11) is 1.65. The minimum Gasteiger partial charge on any atom is -0.496 e. The number of carbonyl (C=O) groups is 1. The van der Waals surface area contributed by atoms with Gasteiger partial charge in [0.05, 0.1) is 7.11 Å². The van der Waals surface area contributed by atoms with Gasteiger partial charge in [-0.3, -0.25) is 9.48 Å². The van der Waals surface area contributed by atoms with Crippen LogP contribution >= 0.6 is 0 Å². The fourth-order valence-electron chi connectivity index (χ4n) is 1.84. The Morgan fingerprint density at radius 2 is 2.21 bits per heavy atom. The third kappa shape index (κ3) is 3.84. The van der Waals surface area contributed by atoms with Crippen LogP contribution < -0.4 is 10.1 Å². The lowest BCUT2D eigenvalue weighted by Gasteiger charge is -2.09. The van der Waals surface area contributed by atoms with Gasteiger partial charge in [-0.25, -0.2) is 0 Å². The number of hydrogen-bond acceptors (Lipinski definition) is 3. The number of nitrogens with one attached hydrogen (secondary N) is 1. The molecule has 0 bridgehead atoms. The van der Waals surface area contributed by atoms with Crippen LogP contribution in [-0.2, 0) is 17.8 Å². The first kappa shape index (κ1) is 13.1. The molecule has 0 aliphatic rings. The summed E-state index contributed by atoms with van der Waals surface area (Å²) >= 11 is 0. The lowest BCUT2D eigenvalue weighted by Crippen LogP contribution is -2.29. The largest absolute Gasteiger partial charge is 0.496 e. The van der Waals surface area contributed by atoms with E-state index in [1.165, 1.54) is 0 Å². The van der Waals surface area contributed by atoms with Crippen molar-refractivity contribution in [2.45, 2.75) is 13.0 Å². The maximum Gasteiger partial charge on any atom is 0.241 e. The van der Waals surface area contributed by atoms with E-state index < -0.39 is 0 Å². The van der Waals surface area contributed by atoms with Crippen molar-refractivity contribution in [2.75, 3.05) is 13.7 Å². The highest BCUT2D eigenvalue weighted by molar-refractivity contribution is 5.75. The zero-order valence-corrected chi connectivity index (χ0v) is 10.9. The van der Waals surface area contributed by atoms with E-state index in [0.717, 1.165) is 17.7 Å². The third-order valence-corrected chi connectivity index (χ3v) is 2.77. The molecule has 1 N–H and O–H groups in total. The molecule has 5 heteroatoms. The molecular weight excluding hydrogens is 242 g/mol. The second kappa shape index (κ2) is 6.58. The van der Waals surface area contributed by atoms with Crippen LogP contribution in [0.5, 0.6) is 5.75 Å². The maximum atomic E-state index is 11.7. The summed E-state index contributed by atoms with van der Waals surface area (Å²) in [4.78, 5) is 11.7. The average molecular weight is 259 g/mol. The second-order valence-electron chi connectivity index (χ2n) is 4.12. The number of para-hydroxylation sites is 1. The lowest BCUT2D eigenvalue weighted by atomic mass is 10.1. The van der Waals surface area contributed by atoms with E-state index in [1.54, 1.807) is 30.3 Å². The highest BCUT2D eigenvalue weighted by Gasteiger charge is 2.04. The minimum absolute atomic E-state index is 0.0430. The number of ether oxygens (including phenoxy) is 1. The fraction of sp³-hybridized carbons (Fsp3) is 0.286. The molecule has 1 aromatic carbocycles. The van der Waals surface area contributed by atoms with E-state index in [0.29, 0.717) is 6.54 Å². The van der Waals surface area contributed by atoms with Crippen LogP contribution in [0.25, 0.3) is 0 Å². The molecule has 0 saturated carbocycles. The van der Waals surface area contributed by atoms with Gasteiger partial charge in [0.2, 0.25) is 5.91 Å². The molecule has 2 aromatic rings. The molecule has 2 rings (SSSR count). The van der Waals surface area contributed by atoms with Crippen molar-refractivity contribution < 1.29 is 9.53 Å². The molecule has 19 heavy (non-hydrogen) atoms. The van der Waals surface area contributed by atoms with Crippen molar-refractivity contribution in [3.8, 4) is 5.75 Å². The Balaban J connectivity index is 1.78.